The van der Waals surface area contributed by atoms with Crippen molar-refractivity contribution >= 4 is 23.9 Å². The number of esters is 1. The van der Waals surface area contributed by atoms with Gasteiger partial charge < -0.3 is 25.2 Å². The van der Waals surface area contributed by atoms with Gasteiger partial charge in [0.25, 0.3) is 0 Å². The number of nitrogens with one attached hydrogen (secondary N) is 2. The summed E-state index contributed by atoms with van der Waals surface area (Å²) >= 11 is 0. The summed E-state index contributed by atoms with van der Waals surface area (Å²) in [5.41, 5.74) is 0.771. The number of ether oxygens (including phenoxy) is 2. The number of amides is 2. The molecule has 2 aromatic rings. The molecule has 0 bridgehead atoms. The lowest BCUT2D eigenvalue weighted by atomic mass is 10.0. The number of benzene rings is 2. The van der Waals surface area contributed by atoms with Gasteiger partial charge in [0, 0.05) is 12.8 Å². The molecule has 2 atom stereocenters. The number of hydrogen-bond donors (Lipinski definition) is 3. The highest BCUT2D eigenvalue weighted by Crippen LogP contribution is 2.11. The molecule has 0 aliphatic rings. The first kappa shape index (κ1) is 27.4. The normalized spacial score (nSPS) is 12.7. The highest BCUT2D eigenvalue weighted by molar-refractivity contribution is 5.89. The molecule has 9 heteroatoms. The molecule has 2 aromatic carbocycles. The fraction of sp³-hybridized carbons (Fsp3) is 0.385. The number of carboxylic acids is 1. The minimum Gasteiger partial charge on any atom is -0.480 e. The molecule has 0 spiro atoms. The van der Waals surface area contributed by atoms with Crippen LogP contribution >= 0.6 is 0 Å². The van der Waals surface area contributed by atoms with E-state index in [9.17, 15) is 24.3 Å². The molecule has 2 rings (SSSR count). The maximum absolute atomic E-state index is 13.0. The molecular formula is C26H32N2O7. The fourth-order valence-electron chi connectivity index (χ4n) is 3.15. The molecule has 0 heterocycles. The molecule has 0 aliphatic carbocycles. The molecule has 0 saturated heterocycles. The molecule has 0 radical (unpaired) electrons. The van der Waals surface area contributed by atoms with Crippen LogP contribution in [0.15, 0.2) is 60.7 Å². The zero-order valence-corrected chi connectivity index (χ0v) is 20.2. The van der Waals surface area contributed by atoms with Gasteiger partial charge >= 0.3 is 18.0 Å². The lowest BCUT2D eigenvalue weighted by Gasteiger charge is -2.23. The SMILES string of the molecule is CC(C)(C)OC(=O)CC[C@H](NC(=O)OCc1ccccc1)C(=O)N[C@@H](Cc1ccccc1)C(=O)O. The van der Waals surface area contributed by atoms with Gasteiger partial charge in [-0.05, 0) is 38.3 Å². The summed E-state index contributed by atoms with van der Waals surface area (Å²) in [4.78, 5) is 49.3. The summed E-state index contributed by atoms with van der Waals surface area (Å²) in [5.74, 6) is -2.51. The largest absolute Gasteiger partial charge is 0.480 e. The molecule has 0 fully saturated rings. The first-order chi connectivity index (χ1) is 16.5. The number of hydrogen-bond acceptors (Lipinski definition) is 6. The van der Waals surface area contributed by atoms with E-state index in [1.54, 1.807) is 75.4 Å². The Morgan fingerprint density at radius 1 is 0.857 bits per heavy atom. The van der Waals surface area contributed by atoms with Crippen LogP contribution in [-0.2, 0) is 36.9 Å². The van der Waals surface area contributed by atoms with E-state index >= 15 is 0 Å². The van der Waals surface area contributed by atoms with Crippen LogP contribution in [0.1, 0.15) is 44.7 Å². The average Bonchev–Trinajstić information content (AvgIpc) is 2.80. The Balaban J connectivity index is 2.06. The van der Waals surface area contributed by atoms with Crippen molar-refractivity contribution in [3.8, 4) is 0 Å². The van der Waals surface area contributed by atoms with Crippen LogP contribution < -0.4 is 10.6 Å². The summed E-state index contributed by atoms with van der Waals surface area (Å²) in [6, 6.07) is 15.4. The molecular weight excluding hydrogens is 452 g/mol. The van der Waals surface area contributed by atoms with Gasteiger partial charge in [0.05, 0.1) is 0 Å². The van der Waals surface area contributed by atoms with E-state index in [-0.39, 0.29) is 25.9 Å². The number of carbonyl (C=O) groups excluding carboxylic acids is 3. The van der Waals surface area contributed by atoms with E-state index in [2.05, 4.69) is 10.6 Å². The van der Waals surface area contributed by atoms with Crippen molar-refractivity contribution in [2.75, 3.05) is 0 Å². The molecule has 9 nitrogen and oxygen atoms in total. The van der Waals surface area contributed by atoms with Gasteiger partial charge in [-0.15, -0.1) is 0 Å². The summed E-state index contributed by atoms with van der Waals surface area (Å²) in [6.07, 6.45) is -1.07. The Morgan fingerprint density at radius 2 is 1.43 bits per heavy atom. The number of carboxylic acid groups (broad SMARTS) is 1. The first-order valence-electron chi connectivity index (χ1n) is 11.3. The van der Waals surface area contributed by atoms with Crippen LogP contribution in [-0.4, -0.2) is 46.7 Å². The quantitative estimate of drug-likeness (QED) is 0.417. The van der Waals surface area contributed by atoms with E-state index in [0.29, 0.717) is 0 Å². The fourth-order valence-corrected chi connectivity index (χ4v) is 3.15. The van der Waals surface area contributed by atoms with Gasteiger partial charge in [0.1, 0.15) is 24.3 Å². The summed E-state index contributed by atoms with van der Waals surface area (Å²) in [6.45, 7) is 5.14. The third kappa shape index (κ3) is 10.7. The van der Waals surface area contributed by atoms with E-state index in [4.69, 9.17) is 9.47 Å². The van der Waals surface area contributed by atoms with Crippen molar-refractivity contribution in [3.63, 3.8) is 0 Å². The second-order valence-corrected chi connectivity index (χ2v) is 8.97. The van der Waals surface area contributed by atoms with E-state index in [1.165, 1.54) is 0 Å². The third-order valence-corrected chi connectivity index (χ3v) is 4.78. The Kier molecular flexibility index (Phi) is 10.3. The number of rotatable bonds is 11. The second-order valence-electron chi connectivity index (χ2n) is 8.97. The molecule has 188 valence electrons. The number of carbonyl (C=O) groups is 4. The zero-order valence-electron chi connectivity index (χ0n) is 20.2. The van der Waals surface area contributed by atoms with Gasteiger partial charge in [-0.25, -0.2) is 9.59 Å². The monoisotopic (exact) mass is 484 g/mol. The van der Waals surface area contributed by atoms with Crippen LogP contribution in [0.25, 0.3) is 0 Å². The van der Waals surface area contributed by atoms with E-state index < -0.39 is 41.6 Å². The Labute approximate surface area is 204 Å². The van der Waals surface area contributed by atoms with Crippen molar-refractivity contribution in [2.45, 2.75) is 64.3 Å². The highest BCUT2D eigenvalue weighted by atomic mass is 16.6. The molecule has 0 unspecified atom stereocenters. The van der Waals surface area contributed by atoms with Crippen LogP contribution in [0.3, 0.4) is 0 Å². The summed E-state index contributed by atoms with van der Waals surface area (Å²) in [5, 5.41) is 14.5. The lowest BCUT2D eigenvalue weighted by Crippen LogP contribution is -2.52. The molecule has 35 heavy (non-hydrogen) atoms. The standard InChI is InChI=1S/C26H32N2O7/c1-26(2,3)35-22(29)15-14-20(28-25(33)34-17-19-12-8-5-9-13-19)23(30)27-21(24(31)32)16-18-10-6-4-7-11-18/h4-13,20-21H,14-17H2,1-3H3,(H,27,30)(H,28,33)(H,31,32)/t20-,21-/m0/s1. The summed E-state index contributed by atoms with van der Waals surface area (Å²) in [7, 11) is 0. The minimum absolute atomic E-state index is 0.0150. The van der Waals surface area contributed by atoms with Crippen molar-refractivity contribution in [1.29, 1.82) is 0 Å². The Hall–Kier alpha value is -3.88. The topological polar surface area (TPSA) is 131 Å². The van der Waals surface area contributed by atoms with Gasteiger partial charge in [0.15, 0.2) is 0 Å². The van der Waals surface area contributed by atoms with Crippen molar-refractivity contribution < 1.29 is 33.8 Å². The van der Waals surface area contributed by atoms with Crippen molar-refractivity contribution in [2.24, 2.45) is 0 Å². The van der Waals surface area contributed by atoms with Gasteiger partial charge in [-0.3, -0.25) is 9.59 Å². The van der Waals surface area contributed by atoms with E-state index in [0.717, 1.165) is 11.1 Å². The van der Waals surface area contributed by atoms with Crippen LogP contribution in [0, 0.1) is 0 Å². The maximum Gasteiger partial charge on any atom is 0.408 e. The molecule has 0 aromatic heterocycles. The lowest BCUT2D eigenvalue weighted by molar-refractivity contribution is -0.155. The highest BCUT2D eigenvalue weighted by Gasteiger charge is 2.28. The molecule has 0 saturated carbocycles. The minimum atomic E-state index is -1.23. The van der Waals surface area contributed by atoms with Crippen molar-refractivity contribution in [3.05, 3.63) is 71.8 Å². The van der Waals surface area contributed by atoms with Gasteiger partial charge in [0.2, 0.25) is 5.91 Å². The number of alkyl carbamates (subject to hydrolysis) is 1. The van der Waals surface area contributed by atoms with Crippen LogP contribution in [0.4, 0.5) is 4.79 Å². The average molecular weight is 485 g/mol. The van der Waals surface area contributed by atoms with E-state index in [1.807, 2.05) is 6.07 Å². The maximum atomic E-state index is 13.0. The Morgan fingerprint density at radius 3 is 1.97 bits per heavy atom. The molecule has 0 aliphatic heterocycles. The van der Waals surface area contributed by atoms with Crippen LogP contribution in [0.2, 0.25) is 0 Å². The second kappa shape index (κ2) is 13.1. The van der Waals surface area contributed by atoms with Crippen LogP contribution in [0.5, 0.6) is 0 Å². The molecule has 2 amide bonds. The van der Waals surface area contributed by atoms with Gasteiger partial charge in [-0.2, -0.15) is 0 Å². The molecule has 3 N–H and O–H groups in total. The predicted molar refractivity (Wildman–Crippen MR) is 128 cm³/mol. The predicted octanol–water partition coefficient (Wildman–Crippen LogP) is 3.22. The number of aliphatic carboxylic acids is 1. The van der Waals surface area contributed by atoms with Gasteiger partial charge in [-0.1, -0.05) is 60.7 Å². The first-order valence-corrected chi connectivity index (χ1v) is 11.3. The third-order valence-electron chi connectivity index (χ3n) is 4.78. The Bertz CT molecular complexity index is 988. The zero-order chi connectivity index (χ0) is 25.8. The summed E-state index contributed by atoms with van der Waals surface area (Å²) < 4.78 is 10.4. The van der Waals surface area contributed by atoms with Crippen molar-refractivity contribution in [1.82, 2.24) is 10.6 Å². The smallest absolute Gasteiger partial charge is 0.408 e.